The highest BCUT2D eigenvalue weighted by Gasteiger charge is 1.96. The summed E-state index contributed by atoms with van der Waals surface area (Å²) in [5, 5.41) is 1.18. The monoisotopic (exact) mass is 381 g/mol. The van der Waals surface area contributed by atoms with Gasteiger partial charge in [0.15, 0.2) is 0 Å². The van der Waals surface area contributed by atoms with E-state index >= 15 is 0 Å². The normalized spacial score (nSPS) is 11.0. The number of alkyl halides is 1. The van der Waals surface area contributed by atoms with Gasteiger partial charge in [-0.15, -0.1) is 0 Å². The van der Waals surface area contributed by atoms with E-state index in [1.807, 2.05) is 12.3 Å². The van der Waals surface area contributed by atoms with Crippen molar-refractivity contribution in [2.75, 3.05) is 5.33 Å². The highest BCUT2D eigenvalue weighted by Crippen LogP contribution is 2.13. The van der Waals surface area contributed by atoms with Crippen molar-refractivity contribution < 1.29 is 0 Å². The maximum absolute atomic E-state index is 4.38. The number of unbranched alkanes of at least 4 members (excludes halogenated alkanes) is 13. The summed E-state index contributed by atoms with van der Waals surface area (Å²) in [5.41, 5.74) is 1.25. The molecule has 1 nitrogen and oxygen atoms in total. The van der Waals surface area contributed by atoms with Crippen LogP contribution >= 0.6 is 15.9 Å². The molecular weight excluding hydrogens is 346 g/mol. The lowest BCUT2D eigenvalue weighted by molar-refractivity contribution is 0.535. The van der Waals surface area contributed by atoms with Crippen LogP contribution in [-0.4, -0.2) is 10.3 Å². The van der Waals surface area contributed by atoms with Gasteiger partial charge in [-0.05, 0) is 31.4 Å². The number of hydrogen-bond acceptors (Lipinski definition) is 1. The summed E-state index contributed by atoms with van der Waals surface area (Å²) in [4.78, 5) is 4.38. The molecule has 0 aliphatic carbocycles. The first-order chi connectivity index (χ1) is 11.4. The van der Waals surface area contributed by atoms with E-state index in [-0.39, 0.29) is 0 Å². The van der Waals surface area contributed by atoms with Crippen molar-refractivity contribution >= 4 is 15.9 Å². The molecule has 0 radical (unpaired) electrons. The molecule has 23 heavy (non-hydrogen) atoms. The van der Waals surface area contributed by atoms with Crippen LogP contribution in [0.1, 0.15) is 95.6 Å². The molecule has 0 unspecified atom stereocenters. The van der Waals surface area contributed by atoms with Crippen LogP contribution in [0.2, 0.25) is 0 Å². The molecule has 1 aromatic rings. The third-order valence-corrected chi connectivity index (χ3v) is 5.10. The molecule has 0 saturated heterocycles. The smallest absolute Gasteiger partial charge is 0.0403 e. The van der Waals surface area contributed by atoms with E-state index in [2.05, 4.69) is 33.0 Å². The molecule has 0 aliphatic heterocycles. The number of pyridine rings is 1. The number of nitrogens with zero attached hydrogens (tertiary/aromatic N) is 1. The summed E-state index contributed by atoms with van der Waals surface area (Å²) in [6.45, 7) is 0. The van der Waals surface area contributed by atoms with Gasteiger partial charge in [0.2, 0.25) is 0 Å². The van der Waals surface area contributed by atoms with Crippen molar-refractivity contribution in [1.82, 2.24) is 4.98 Å². The minimum absolute atomic E-state index is 1.15. The average molecular weight is 382 g/mol. The Kier molecular flexibility index (Phi) is 14.8. The lowest BCUT2D eigenvalue weighted by atomic mass is 10.0. The van der Waals surface area contributed by atoms with Crippen molar-refractivity contribution in [3.05, 3.63) is 30.1 Å². The predicted molar refractivity (Wildman–Crippen MR) is 106 cm³/mol. The van der Waals surface area contributed by atoms with Gasteiger partial charge in [-0.1, -0.05) is 99.0 Å². The molecular formula is C21H36BrN. The molecule has 0 aliphatic rings. The van der Waals surface area contributed by atoms with Gasteiger partial charge < -0.3 is 0 Å². The molecule has 0 atom stereocenters. The molecule has 0 N–H and O–H groups in total. The Balaban J connectivity index is 1.72. The minimum atomic E-state index is 1.15. The average Bonchev–Trinajstić information content (AvgIpc) is 2.59. The highest BCUT2D eigenvalue weighted by atomic mass is 79.9. The Hall–Kier alpha value is -0.370. The fraction of sp³-hybridized carbons (Fsp3) is 0.762. The second kappa shape index (κ2) is 16.5. The maximum atomic E-state index is 4.38. The topological polar surface area (TPSA) is 12.9 Å². The molecule has 1 rings (SSSR count). The summed E-state index contributed by atoms with van der Waals surface area (Å²) in [7, 11) is 0. The van der Waals surface area contributed by atoms with Crippen LogP contribution in [0.5, 0.6) is 0 Å². The molecule has 2 heteroatoms. The standard InChI is InChI=1S/C21H36BrN/c22-19-15-12-10-8-6-4-2-1-3-5-7-9-11-13-17-21-18-14-16-20-23-21/h14,16,18,20H,1-13,15,17,19H2. The molecule has 0 amide bonds. The third-order valence-electron chi connectivity index (χ3n) is 4.54. The van der Waals surface area contributed by atoms with E-state index in [0.717, 1.165) is 6.42 Å². The van der Waals surface area contributed by atoms with Crippen molar-refractivity contribution in [1.29, 1.82) is 0 Å². The van der Waals surface area contributed by atoms with Gasteiger partial charge in [0.1, 0.15) is 0 Å². The molecule has 132 valence electrons. The van der Waals surface area contributed by atoms with Crippen LogP contribution < -0.4 is 0 Å². The van der Waals surface area contributed by atoms with Gasteiger partial charge in [-0.3, -0.25) is 4.98 Å². The molecule has 0 bridgehead atoms. The lowest BCUT2D eigenvalue weighted by Crippen LogP contribution is -1.89. The van der Waals surface area contributed by atoms with Crippen LogP contribution in [0.3, 0.4) is 0 Å². The van der Waals surface area contributed by atoms with Crippen LogP contribution in [0.4, 0.5) is 0 Å². The summed E-state index contributed by atoms with van der Waals surface area (Å²) < 4.78 is 0. The molecule has 0 spiro atoms. The largest absolute Gasteiger partial charge is 0.261 e. The first kappa shape index (κ1) is 20.7. The van der Waals surface area contributed by atoms with Crippen molar-refractivity contribution in [3.8, 4) is 0 Å². The first-order valence-electron chi connectivity index (χ1n) is 9.89. The van der Waals surface area contributed by atoms with Crippen molar-refractivity contribution in [2.45, 2.75) is 96.3 Å². The SMILES string of the molecule is BrCCCCCCCCCCCCCCCCc1ccccn1. The molecule has 0 saturated carbocycles. The Labute approximate surface area is 152 Å². The highest BCUT2D eigenvalue weighted by molar-refractivity contribution is 9.09. The minimum Gasteiger partial charge on any atom is -0.261 e. The van der Waals surface area contributed by atoms with Crippen molar-refractivity contribution in [3.63, 3.8) is 0 Å². The van der Waals surface area contributed by atoms with Gasteiger partial charge >= 0.3 is 0 Å². The lowest BCUT2D eigenvalue weighted by Gasteiger charge is -2.03. The van der Waals surface area contributed by atoms with E-state index in [9.17, 15) is 0 Å². The summed E-state index contributed by atoms with van der Waals surface area (Å²) in [5.74, 6) is 0. The Morgan fingerprint density at radius 2 is 1.09 bits per heavy atom. The van der Waals surface area contributed by atoms with Crippen molar-refractivity contribution in [2.24, 2.45) is 0 Å². The van der Waals surface area contributed by atoms with Gasteiger partial charge in [0.05, 0.1) is 0 Å². The molecule has 0 aromatic carbocycles. The summed E-state index contributed by atoms with van der Waals surface area (Å²) in [6.07, 6.45) is 22.9. The number of rotatable bonds is 16. The van der Waals surface area contributed by atoms with E-state index in [0.29, 0.717) is 0 Å². The van der Waals surface area contributed by atoms with Gasteiger partial charge in [-0.2, -0.15) is 0 Å². The third kappa shape index (κ3) is 13.7. The second-order valence-corrected chi connectivity index (χ2v) is 7.50. The number of aromatic nitrogens is 1. The zero-order valence-corrected chi connectivity index (χ0v) is 16.5. The second-order valence-electron chi connectivity index (χ2n) is 6.71. The summed E-state index contributed by atoms with van der Waals surface area (Å²) in [6, 6.07) is 6.22. The van der Waals surface area contributed by atoms with E-state index in [1.54, 1.807) is 0 Å². The number of hydrogen-bond donors (Lipinski definition) is 0. The van der Waals surface area contributed by atoms with Gasteiger partial charge in [0, 0.05) is 17.2 Å². The van der Waals surface area contributed by atoms with E-state index in [4.69, 9.17) is 0 Å². The summed E-state index contributed by atoms with van der Waals surface area (Å²) >= 11 is 3.49. The fourth-order valence-electron chi connectivity index (χ4n) is 3.07. The number of halogens is 1. The quantitative estimate of drug-likeness (QED) is 0.213. The van der Waals surface area contributed by atoms with Crippen LogP contribution in [0, 0.1) is 0 Å². The fourth-order valence-corrected chi connectivity index (χ4v) is 3.46. The zero-order valence-electron chi connectivity index (χ0n) is 14.9. The van der Waals surface area contributed by atoms with Crippen LogP contribution in [-0.2, 0) is 6.42 Å². The van der Waals surface area contributed by atoms with Gasteiger partial charge in [0.25, 0.3) is 0 Å². The zero-order chi connectivity index (χ0) is 16.4. The Morgan fingerprint density at radius 1 is 0.609 bits per heavy atom. The van der Waals surface area contributed by atoms with Crippen LogP contribution in [0.25, 0.3) is 0 Å². The molecule has 1 aromatic heterocycles. The number of aryl methyl sites for hydroxylation is 1. The van der Waals surface area contributed by atoms with Gasteiger partial charge in [-0.25, -0.2) is 0 Å². The predicted octanol–water partition coefficient (Wildman–Crippen LogP) is 7.48. The Bertz CT molecular complexity index is 339. The maximum Gasteiger partial charge on any atom is 0.0403 e. The first-order valence-corrected chi connectivity index (χ1v) is 11.0. The van der Waals surface area contributed by atoms with E-state index in [1.165, 1.54) is 101 Å². The molecule has 0 fully saturated rings. The Morgan fingerprint density at radius 3 is 1.52 bits per heavy atom. The molecule has 1 heterocycles. The van der Waals surface area contributed by atoms with Crippen LogP contribution in [0.15, 0.2) is 24.4 Å². The van der Waals surface area contributed by atoms with E-state index < -0.39 is 0 Å².